The zero-order valence-electron chi connectivity index (χ0n) is 33.5. The van der Waals surface area contributed by atoms with Crippen LogP contribution in [0.2, 0.25) is 0 Å². The second-order valence-corrected chi connectivity index (χ2v) is 17.3. The molecule has 4 fully saturated rings. The maximum atomic E-state index is 13.0. The van der Waals surface area contributed by atoms with Gasteiger partial charge in [-0.3, -0.25) is 18.7 Å². The molecule has 4 rings (SSSR count). The molecule has 0 aromatic carbocycles. The Labute approximate surface area is 362 Å². The average Bonchev–Trinajstić information content (AvgIpc) is 3.18. The van der Waals surface area contributed by atoms with Crippen LogP contribution in [0.3, 0.4) is 0 Å². The van der Waals surface area contributed by atoms with Crippen molar-refractivity contribution in [2.24, 2.45) is 0 Å². The van der Waals surface area contributed by atoms with Crippen molar-refractivity contribution < 1.29 is 138 Å². The van der Waals surface area contributed by atoms with Crippen LogP contribution in [0.25, 0.3) is 0 Å². The summed E-state index contributed by atoms with van der Waals surface area (Å²) in [6.07, 6.45) is -40.1. The van der Waals surface area contributed by atoms with Crippen LogP contribution < -0.4 is 10.6 Å². The molecular weight excluding hydrogens is 928 g/mol. The molecule has 0 aromatic heterocycles. The summed E-state index contributed by atoms with van der Waals surface area (Å²) in [4.78, 5) is 37.4. The molecule has 15 N–H and O–H groups in total. The van der Waals surface area contributed by atoms with Gasteiger partial charge in [0, 0.05) is 20.3 Å². The zero-order valence-corrected chi connectivity index (χ0v) is 35.2. The van der Waals surface area contributed by atoms with E-state index in [4.69, 9.17) is 33.2 Å². The highest BCUT2D eigenvalue weighted by atomic mass is 32.3. The normalized spacial score (nSPS) is 42.0. The fourth-order valence-corrected chi connectivity index (χ4v) is 7.88. The maximum absolute atomic E-state index is 13.0. The van der Waals surface area contributed by atoms with Crippen molar-refractivity contribution in [2.45, 2.75) is 155 Å². The summed E-state index contributed by atoms with van der Waals surface area (Å²) in [5.74, 6) is -7.34. The van der Waals surface area contributed by atoms with Crippen LogP contribution in [-0.2, 0) is 76.7 Å². The molecule has 4 aliphatic rings. The molecule has 0 aromatic rings. The highest BCUT2D eigenvalue weighted by molar-refractivity contribution is 7.81. The smallest absolute Gasteiger partial charge is 0.397 e. The third kappa shape index (κ3) is 13.1. The predicted molar refractivity (Wildman–Crippen MR) is 194 cm³/mol. The number of carbonyl (C=O) groups is 3. The van der Waals surface area contributed by atoms with Gasteiger partial charge in [0.25, 0.3) is 5.79 Å². The Morgan fingerprint density at radius 2 is 1.25 bits per heavy atom. The molecule has 21 atom stereocenters. The minimum absolute atomic E-state index is 0.876. The van der Waals surface area contributed by atoms with E-state index in [1.54, 1.807) is 0 Å². The minimum atomic E-state index is -5.40. The summed E-state index contributed by atoms with van der Waals surface area (Å²) < 4.78 is 113. The highest BCUT2D eigenvalue weighted by Crippen LogP contribution is 2.39. The molecule has 1 unspecified atom stereocenters. The van der Waals surface area contributed by atoms with Gasteiger partial charge in [-0.25, -0.2) is 13.2 Å². The monoisotopic (exact) mass is 980 g/mol. The summed E-state index contributed by atoms with van der Waals surface area (Å²) in [6.45, 7) is -0.855. The number of rotatable bonds is 18. The van der Waals surface area contributed by atoms with E-state index in [1.165, 1.54) is 6.92 Å². The molecule has 31 nitrogen and oxygen atoms in total. The number of amides is 2. The van der Waals surface area contributed by atoms with Crippen molar-refractivity contribution in [1.82, 2.24) is 10.6 Å². The van der Waals surface area contributed by atoms with Gasteiger partial charge >= 0.3 is 26.8 Å². The Hall–Kier alpha value is -2.53. The van der Waals surface area contributed by atoms with Gasteiger partial charge in [0.15, 0.2) is 18.9 Å². The van der Waals surface area contributed by atoms with Crippen molar-refractivity contribution in [3.8, 4) is 0 Å². The van der Waals surface area contributed by atoms with Gasteiger partial charge in [-0.2, -0.15) is 16.8 Å². The predicted octanol–water partition coefficient (Wildman–Crippen LogP) is -9.57. The van der Waals surface area contributed by atoms with Crippen LogP contribution in [-0.4, -0.2) is 248 Å². The largest absolute Gasteiger partial charge is 0.477 e. The molecule has 0 radical (unpaired) electrons. The third-order valence-corrected chi connectivity index (χ3v) is 11.2. The summed E-state index contributed by atoms with van der Waals surface area (Å²) in [7, 11) is -10.8. The molecule has 372 valence electrons. The fraction of sp³-hybridized carbons (Fsp3) is 0.903. The van der Waals surface area contributed by atoms with E-state index < -0.39 is 193 Å². The lowest BCUT2D eigenvalue weighted by molar-refractivity contribution is -0.389. The molecule has 2 amide bonds. The molecule has 33 heteroatoms. The lowest BCUT2D eigenvalue weighted by Gasteiger charge is -2.51. The first-order valence-electron chi connectivity index (χ1n) is 18.9. The van der Waals surface area contributed by atoms with E-state index in [0.717, 1.165) is 13.8 Å². The van der Waals surface area contributed by atoms with Crippen LogP contribution in [0.15, 0.2) is 0 Å². The van der Waals surface area contributed by atoms with Crippen molar-refractivity contribution in [1.29, 1.82) is 0 Å². The van der Waals surface area contributed by atoms with Gasteiger partial charge in [0.2, 0.25) is 11.8 Å². The Balaban J connectivity index is 1.83. The quantitative estimate of drug-likeness (QED) is 0.0567. The minimum Gasteiger partial charge on any atom is -0.477 e. The summed E-state index contributed by atoms with van der Waals surface area (Å²) in [5, 5.41) is 122. The lowest BCUT2D eigenvalue weighted by atomic mass is 9.88. The van der Waals surface area contributed by atoms with Gasteiger partial charge < -0.3 is 100.0 Å². The number of hydrogen-bond donors (Lipinski definition) is 15. The molecular formula is C31H52N2O29S2. The Morgan fingerprint density at radius 3 is 1.78 bits per heavy atom. The molecule has 0 spiro atoms. The van der Waals surface area contributed by atoms with Crippen LogP contribution >= 0.6 is 0 Å². The molecule has 4 heterocycles. The Kier molecular flexibility index (Phi) is 18.3. The maximum Gasteiger partial charge on any atom is 0.397 e. The van der Waals surface area contributed by atoms with Crippen molar-refractivity contribution in [2.75, 3.05) is 19.8 Å². The second kappa shape index (κ2) is 21.6. The van der Waals surface area contributed by atoms with Crippen LogP contribution in [0.1, 0.15) is 27.2 Å². The summed E-state index contributed by atoms with van der Waals surface area (Å²) in [5.41, 5.74) is 0. The average molecular weight is 981 g/mol. The number of nitrogens with one attached hydrogen (secondary N) is 2. The second-order valence-electron chi connectivity index (χ2n) is 15.1. The van der Waals surface area contributed by atoms with Gasteiger partial charge in [-0.15, -0.1) is 0 Å². The van der Waals surface area contributed by atoms with Crippen LogP contribution in [0.5, 0.6) is 0 Å². The number of ether oxygens (including phenoxy) is 7. The standard InChI is InChI=1S/C31H52N2O29S2/c1-8-17(39)20(42)21(43)28(56-8)60-25-16(33-10(3)36)27(45)57-14(7-55-64(51,52)53)23(25)59-29-22(44)26(19(41)13(58-29)6-54-63(48,49)50)62-31(30(46)47)4-11(37)15(32-9(2)35)24(61-31)18(40)12(38)5-34/h8,11-29,34,37-45H,4-7H2,1-3H3,(H,32,35)(H,33,36)(H,46,47)(H,48,49,50)(H,51,52,53)/t8-,11-,12+,13+,14+,15+,16+,17+,18+,19-,20+,21-,22+,23+,24+,25+,26-,27?,28-,29-,31-/m0/s1. The highest BCUT2D eigenvalue weighted by Gasteiger charge is 2.61. The molecule has 4 saturated heterocycles. The van der Waals surface area contributed by atoms with E-state index in [0.29, 0.717) is 0 Å². The summed E-state index contributed by atoms with van der Waals surface area (Å²) in [6, 6.07) is -3.63. The van der Waals surface area contributed by atoms with E-state index in [1.807, 2.05) is 0 Å². The molecule has 64 heavy (non-hydrogen) atoms. The lowest BCUT2D eigenvalue weighted by Crippen LogP contribution is -2.71. The number of aliphatic carboxylic acids is 1. The van der Waals surface area contributed by atoms with E-state index >= 15 is 0 Å². The number of hydrogen-bond acceptors (Lipinski definition) is 26. The number of carboxylic acids is 1. The third-order valence-electron chi connectivity index (χ3n) is 10.3. The van der Waals surface area contributed by atoms with Gasteiger partial charge in [0.05, 0.1) is 38.1 Å². The van der Waals surface area contributed by atoms with E-state index in [9.17, 15) is 96.5 Å². The number of carbonyl (C=O) groups excluding carboxylic acids is 2. The first kappa shape index (κ1) is 54.1. The first-order valence-corrected chi connectivity index (χ1v) is 21.6. The molecule has 0 aliphatic carbocycles. The van der Waals surface area contributed by atoms with Crippen LogP contribution in [0.4, 0.5) is 0 Å². The van der Waals surface area contributed by atoms with Gasteiger partial charge in [-0.1, -0.05) is 0 Å². The van der Waals surface area contributed by atoms with Gasteiger partial charge in [0.1, 0.15) is 85.4 Å². The molecule has 0 bridgehead atoms. The SMILES string of the molecule is CC(=O)N[C@H]1[C@H]([C@H](O)[C@H](O)CO)O[C@@](O[C@H]2[C@@H](O)[C@@H](COS(=O)(=O)O)O[C@@H](O[C@H]3[C@H](O[C@@H]4O[C@@H](C)[C@@H](O)[C@@H](O)[C@@H]4O)[C@@H](NC(C)=O)C(O)O[C@@H]3COS(=O)(=O)O)[C@@H]2O)(C(=O)O)C[C@@H]1O. The van der Waals surface area contributed by atoms with Crippen LogP contribution in [0, 0.1) is 0 Å². The Bertz CT molecular complexity index is 1830. The van der Waals surface area contributed by atoms with Crippen molar-refractivity contribution >= 4 is 38.6 Å². The number of aliphatic hydroxyl groups excluding tert-OH is 10. The summed E-state index contributed by atoms with van der Waals surface area (Å²) >= 11 is 0. The topological polar surface area (TPSA) is 490 Å². The number of aliphatic hydroxyl groups is 10. The van der Waals surface area contributed by atoms with Crippen molar-refractivity contribution in [3.63, 3.8) is 0 Å². The zero-order chi connectivity index (χ0) is 48.4. The van der Waals surface area contributed by atoms with E-state index in [2.05, 4.69) is 19.0 Å². The van der Waals surface area contributed by atoms with E-state index in [-0.39, 0.29) is 0 Å². The number of carboxylic acid groups (broad SMARTS) is 1. The first-order chi connectivity index (χ1) is 29.5. The Morgan fingerprint density at radius 1 is 0.719 bits per heavy atom. The molecule has 4 aliphatic heterocycles. The van der Waals surface area contributed by atoms with Crippen molar-refractivity contribution in [3.05, 3.63) is 0 Å². The molecule has 0 saturated carbocycles. The van der Waals surface area contributed by atoms with Gasteiger partial charge in [-0.05, 0) is 6.92 Å². The fourth-order valence-electron chi connectivity index (χ4n) is 7.27.